The van der Waals surface area contributed by atoms with Crippen LogP contribution in [0.25, 0.3) is 0 Å². The first-order valence-corrected chi connectivity index (χ1v) is 4.53. The highest BCUT2D eigenvalue weighted by Crippen LogP contribution is 1.93. The van der Waals surface area contributed by atoms with Crippen LogP contribution >= 0.6 is 0 Å². The van der Waals surface area contributed by atoms with Crippen LogP contribution in [0, 0.1) is 0 Å². The normalized spacial score (nSPS) is 11.2. The van der Waals surface area contributed by atoms with Crippen molar-refractivity contribution in [1.82, 2.24) is 4.57 Å². The van der Waals surface area contributed by atoms with Gasteiger partial charge in [0, 0.05) is 0 Å². The lowest BCUT2D eigenvalue weighted by atomic mass is 10.1. The van der Waals surface area contributed by atoms with Crippen LogP contribution in [-0.2, 0) is 0 Å². The Balaban J connectivity index is 0. The average Bonchev–Trinajstić information content (AvgIpc) is 2.02. The Hall–Kier alpha value is 0.0169. The second-order valence-corrected chi connectivity index (χ2v) is 4.97. The van der Waals surface area contributed by atoms with Crippen LogP contribution in [-0.4, -0.2) is 69.7 Å². The summed E-state index contributed by atoms with van der Waals surface area (Å²) in [5.41, 5.74) is 3.94. The van der Waals surface area contributed by atoms with Gasteiger partial charge in [0.15, 0.2) is 0 Å². The van der Waals surface area contributed by atoms with Gasteiger partial charge in [-0.25, -0.2) is 0 Å². The Morgan fingerprint density at radius 2 is 1.33 bits per heavy atom. The molecule has 0 atom stereocenters. The second kappa shape index (κ2) is 7.65. The third-order valence-corrected chi connectivity index (χ3v) is 0.945. The van der Waals surface area contributed by atoms with E-state index >= 15 is 0 Å². The fourth-order valence-electron chi connectivity index (χ4n) is 0.150. The Bertz CT molecular complexity index is 87.8. The van der Waals surface area contributed by atoms with E-state index in [1.165, 1.54) is 10.4 Å². The first-order chi connectivity index (χ1) is 5.41. The highest BCUT2D eigenvalue weighted by Gasteiger charge is 2.20. The summed E-state index contributed by atoms with van der Waals surface area (Å²) in [6.45, 7) is -1.21. The number of aliphatic hydroxyl groups is 3. The number of aliphatic hydroxyl groups excluding tert-OH is 3. The fraction of sp³-hybridized carbons (Fsp3) is 1.00. The van der Waals surface area contributed by atoms with Crippen molar-refractivity contribution in [2.45, 2.75) is 5.54 Å². The molecule has 0 bridgehead atoms. The molecule has 0 aromatic rings. The Kier molecular flexibility index (Phi) is 9.27. The number of nitrogens with zero attached hydrogens (tertiary/aromatic N) is 1. The lowest BCUT2D eigenvalue weighted by Gasteiger charge is -2.20. The number of rotatable bonds is 3. The zero-order valence-electron chi connectivity index (χ0n) is 7.99. The highest BCUT2D eigenvalue weighted by atomic mass is 28.2. The van der Waals surface area contributed by atoms with Crippen molar-refractivity contribution < 1.29 is 15.3 Å². The zero-order chi connectivity index (χ0) is 10.2. The molecule has 0 heterocycles. The van der Waals surface area contributed by atoms with Crippen LogP contribution in [0.15, 0.2) is 0 Å². The van der Waals surface area contributed by atoms with E-state index in [1.807, 2.05) is 0 Å². The predicted molar refractivity (Wildman–Crippen MR) is 51.8 cm³/mol. The maximum absolute atomic E-state index is 8.34. The SMILES string of the molecule is CN(C)[SiH3].NC(CO)(CO)CO. The van der Waals surface area contributed by atoms with E-state index in [9.17, 15) is 0 Å². The van der Waals surface area contributed by atoms with E-state index in [1.54, 1.807) is 0 Å². The molecule has 0 rings (SSSR count). The molecular weight excluding hydrogens is 176 g/mol. The molecule has 0 aromatic heterocycles. The van der Waals surface area contributed by atoms with Crippen molar-refractivity contribution in [3.05, 3.63) is 0 Å². The van der Waals surface area contributed by atoms with Gasteiger partial charge in [-0.3, -0.25) is 0 Å². The van der Waals surface area contributed by atoms with E-state index in [4.69, 9.17) is 21.1 Å². The van der Waals surface area contributed by atoms with Gasteiger partial charge >= 0.3 is 0 Å². The molecule has 0 aromatic carbocycles. The molecule has 6 heteroatoms. The second-order valence-electron chi connectivity index (χ2n) is 3.18. The van der Waals surface area contributed by atoms with Gasteiger partial charge in [0.05, 0.1) is 35.8 Å². The van der Waals surface area contributed by atoms with Crippen LogP contribution in [0.2, 0.25) is 0 Å². The van der Waals surface area contributed by atoms with Crippen molar-refractivity contribution in [2.24, 2.45) is 5.73 Å². The quantitative estimate of drug-likeness (QED) is 0.352. The Labute approximate surface area is 76.3 Å². The summed E-state index contributed by atoms with van der Waals surface area (Å²) in [5.74, 6) is 0. The summed E-state index contributed by atoms with van der Waals surface area (Å²) in [5, 5.41) is 25.0. The van der Waals surface area contributed by atoms with Crippen LogP contribution in [0.3, 0.4) is 0 Å². The van der Waals surface area contributed by atoms with Crippen molar-refractivity contribution >= 4 is 10.4 Å². The molecule has 5 N–H and O–H groups in total. The molecule has 0 saturated carbocycles. The maximum Gasteiger partial charge on any atom is 0.0856 e. The van der Waals surface area contributed by atoms with Crippen molar-refractivity contribution in [2.75, 3.05) is 33.9 Å². The van der Waals surface area contributed by atoms with Gasteiger partial charge in [0.2, 0.25) is 0 Å². The van der Waals surface area contributed by atoms with E-state index < -0.39 is 25.4 Å². The molecule has 76 valence electrons. The number of nitrogens with two attached hydrogens (primary N) is 1. The van der Waals surface area contributed by atoms with Crippen molar-refractivity contribution in [1.29, 1.82) is 0 Å². The third kappa shape index (κ3) is 10.0. The molecule has 0 aliphatic carbocycles. The minimum absolute atomic E-state index is 0.403. The van der Waals surface area contributed by atoms with Crippen LogP contribution in [0.5, 0.6) is 0 Å². The molecule has 0 spiro atoms. The van der Waals surface area contributed by atoms with Crippen LogP contribution in [0.4, 0.5) is 0 Å². The first kappa shape index (κ1) is 14.5. The van der Waals surface area contributed by atoms with Crippen LogP contribution < -0.4 is 5.73 Å². The summed E-state index contributed by atoms with van der Waals surface area (Å²) in [4.78, 5) is 0. The molecular formula is C6H20N2O3Si. The fourth-order valence-corrected chi connectivity index (χ4v) is 0.150. The minimum atomic E-state index is -1.21. The predicted octanol–water partition coefficient (Wildman–Crippen LogP) is -3.51. The summed E-state index contributed by atoms with van der Waals surface area (Å²) in [7, 11) is 5.31. The van der Waals surface area contributed by atoms with E-state index in [-0.39, 0.29) is 0 Å². The maximum atomic E-state index is 8.34. The molecule has 0 amide bonds. The highest BCUT2D eigenvalue weighted by molar-refractivity contribution is 6.03. The van der Waals surface area contributed by atoms with Gasteiger partial charge in [0.1, 0.15) is 0 Å². The monoisotopic (exact) mass is 196 g/mol. The molecule has 5 nitrogen and oxygen atoms in total. The van der Waals surface area contributed by atoms with Gasteiger partial charge < -0.3 is 25.6 Å². The molecule has 12 heavy (non-hydrogen) atoms. The first-order valence-electron chi connectivity index (χ1n) is 3.64. The van der Waals surface area contributed by atoms with Gasteiger partial charge in [-0.1, -0.05) is 0 Å². The van der Waals surface area contributed by atoms with Gasteiger partial charge in [0.25, 0.3) is 0 Å². The number of hydrogen-bond donors (Lipinski definition) is 4. The van der Waals surface area contributed by atoms with Gasteiger partial charge in [-0.05, 0) is 14.1 Å². The van der Waals surface area contributed by atoms with Gasteiger partial charge in [-0.2, -0.15) is 0 Å². The standard InChI is InChI=1S/C4H11NO3.C2H9NSi/c5-4(1-6,2-7)3-8;1-3(2)4/h6-8H,1-3,5H2;1-2,4H3. The summed E-state index contributed by atoms with van der Waals surface area (Å²) in [6, 6.07) is 0. The molecule has 0 radical (unpaired) electrons. The topological polar surface area (TPSA) is 90.0 Å². The van der Waals surface area contributed by atoms with E-state index in [0.29, 0.717) is 0 Å². The van der Waals surface area contributed by atoms with Gasteiger partial charge in [-0.15, -0.1) is 0 Å². The molecule has 0 fully saturated rings. The minimum Gasteiger partial charge on any atom is -0.394 e. The Morgan fingerprint density at radius 1 is 1.17 bits per heavy atom. The molecule has 0 unspecified atom stereocenters. The lowest BCUT2D eigenvalue weighted by Crippen LogP contribution is -2.50. The average molecular weight is 196 g/mol. The number of hydrogen-bond acceptors (Lipinski definition) is 5. The summed E-state index contributed by atoms with van der Waals surface area (Å²) in [6.07, 6.45) is 0. The molecule has 0 aliphatic rings. The van der Waals surface area contributed by atoms with Crippen molar-refractivity contribution in [3.8, 4) is 0 Å². The largest absolute Gasteiger partial charge is 0.394 e. The third-order valence-electron chi connectivity index (χ3n) is 0.945. The van der Waals surface area contributed by atoms with Crippen molar-refractivity contribution in [3.63, 3.8) is 0 Å². The van der Waals surface area contributed by atoms with Crippen LogP contribution in [0.1, 0.15) is 0 Å². The Morgan fingerprint density at radius 3 is 1.33 bits per heavy atom. The zero-order valence-corrected chi connectivity index (χ0v) is 9.99. The summed E-state index contributed by atoms with van der Waals surface area (Å²) < 4.78 is 2.14. The molecule has 0 aliphatic heterocycles. The van der Waals surface area contributed by atoms with E-state index in [2.05, 4.69) is 18.7 Å². The van der Waals surface area contributed by atoms with E-state index in [0.717, 1.165) is 0 Å². The molecule has 0 saturated heterocycles. The smallest absolute Gasteiger partial charge is 0.0856 e. The summed E-state index contributed by atoms with van der Waals surface area (Å²) >= 11 is 0. The lowest BCUT2D eigenvalue weighted by molar-refractivity contribution is 0.0698.